The Kier molecular flexibility index (Phi) is 0.833. The van der Waals surface area contributed by atoms with E-state index in [1.165, 1.54) is 0 Å². The molecule has 2 aliphatic rings. The fourth-order valence-corrected chi connectivity index (χ4v) is 0.849. The minimum Gasteiger partial charge on any atom is -0.464 e. The predicted octanol–water partition coefficient (Wildman–Crippen LogP) is 2.18. The van der Waals surface area contributed by atoms with Gasteiger partial charge in [0.1, 0.15) is 5.76 Å². The summed E-state index contributed by atoms with van der Waals surface area (Å²) >= 11 is 0. The first-order valence-corrected chi connectivity index (χ1v) is 2.81. The van der Waals surface area contributed by atoms with Crippen LogP contribution in [0.2, 0.25) is 0 Å². The molecule has 0 saturated carbocycles. The van der Waals surface area contributed by atoms with E-state index in [9.17, 15) is 0 Å². The fraction of sp³-hybridized carbons (Fsp3) is 0. The van der Waals surface area contributed by atoms with Crippen LogP contribution < -0.4 is 0 Å². The molecule has 43 valence electrons. The Balaban J connectivity index is 2.79. The van der Waals surface area contributed by atoms with E-state index in [1.807, 2.05) is 24.3 Å². The van der Waals surface area contributed by atoms with Crippen molar-refractivity contribution in [1.82, 2.24) is 0 Å². The molecule has 1 radical (unpaired) electrons. The summed E-state index contributed by atoms with van der Waals surface area (Å²) in [6, 6.07) is 10.6. The van der Waals surface area contributed by atoms with Gasteiger partial charge in [0.2, 0.25) is 0 Å². The van der Waals surface area contributed by atoms with Gasteiger partial charge in [0.25, 0.3) is 0 Å². The van der Waals surface area contributed by atoms with Gasteiger partial charge in [-0.3, -0.25) is 0 Å². The predicted molar refractivity (Wildman–Crippen MR) is 34.2 cm³/mol. The molecule has 9 heavy (non-hydrogen) atoms. The smallest absolute Gasteiger partial charge is 0.134 e. The van der Waals surface area contributed by atoms with Crippen LogP contribution in [0.5, 0.6) is 0 Å². The molecule has 1 heterocycles. The summed E-state index contributed by atoms with van der Waals surface area (Å²) in [7, 11) is 0. The van der Waals surface area contributed by atoms with Crippen molar-refractivity contribution in [2.45, 2.75) is 0 Å². The Morgan fingerprint density at radius 2 is 2.33 bits per heavy atom. The van der Waals surface area contributed by atoms with Crippen molar-refractivity contribution in [3.8, 4) is 11.3 Å². The molecule has 0 spiro atoms. The molecule has 0 atom stereocenters. The van der Waals surface area contributed by atoms with E-state index in [1.54, 1.807) is 6.26 Å². The molecule has 1 heteroatoms. The quantitative estimate of drug-likeness (QED) is 0.515. The highest BCUT2D eigenvalue weighted by Gasteiger charge is 1.99. The van der Waals surface area contributed by atoms with E-state index in [4.69, 9.17) is 4.42 Å². The van der Waals surface area contributed by atoms with Crippen LogP contribution in [0, 0.1) is 6.07 Å². The zero-order chi connectivity index (χ0) is 6.10. The molecule has 0 N–H and O–H groups in total. The zero-order valence-electron chi connectivity index (χ0n) is 4.79. The maximum absolute atomic E-state index is 5.12. The Morgan fingerprint density at radius 3 is 3.22 bits per heavy atom. The maximum Gasteiger partial charge on any atom is 0.134 e. The molecule has 0 aromatic carbocycles. The van der Waals surface area contributed by atoms with Gasteiger partial charge in [-0.2, -0.15) is 0 Å². The fourth-order valence-electron chi connectivity index (χ4n) is 0.849. The molecular formula is C8H5O. The third-order valence-electron chi connectivity index (χ3n) is 1.28. The highest BCUT2D eigenvalue weighted by Crippen LogP contribution is 2.20. The van der Waals surface area contributed by atoms with Crippen LogP contribution in [0.3, 0.4) is 0 Å². The van der Waals surface area contributed by atoms with Crippen molar-refractivity contribution in [1.29, 1.82) is 0 Å². The normalized spacial score (nSPS) is 10.2. The summed E-state index contributed by atoms with van der Waals surface area (Å²) in [5.41, 5.74) is 1.04. The summed E-state index contributed by atoms with van der Waals surface area (Å²) in [4.78, 5) is 0. The third-order valence-corrected chi connectivity index (χ3v) is 1.28. The number of hydrogen-bond acceptors (Lipinski definition) is 1. The molecular weight excluding hydrogens is 112 g/mol. The zero-order valence-corrected chi connectivity index (χ0v) is 4.79. The second-order valence-electron chi connectivity index (χ2n) is 1.87. The van der Waals surface area contributed by atoms with Crippen LogP contribution in [0.15, 0.2) is 34.9 Å². The van der Waals surface area contributed by atoms with Crippen LogP contribution >= 0.6 is 0 Å². The summed E-state index contributed by atoms with van der Waals surface area (Å²) in [5, 5.41) is 0. The highest BCUT2D eigenvalue weighted by atomic mass is 16.3. The Labute approximate surface area is 53.3 Å². The molecule has 0 bridgehead atoms. The summed E-state index contributed by atoms with van der Waals surface area (Å²) in [6.07, 6.45) is 1.66. The third kappa shape index (κ3) is 0.617. The van der Waals surface area contributed by atoms with Gasteiger partial charge in [0.15, 0.2) is 0 Å². The first-order chi connectivity index (χ1) is 4.47. The van der Waals surface area contributed by atoms with E-state index in [0.717, 1.165) is 11.3 Å². The molecule has 0 aromatic rings. The van der Waals surface area contributed by atoms with Crippen LogP contribution in [0.4, 0.5) is 0 Å². The first-order valence-electron chi connectivity index (χ1n) is 2.81. The lowest BCUT2D eigenvalue weighted by molar-refractivity contribution is 0.567. The van der Waals surface area contributed by atoms with Crippen molar-refractivity contribution >= 4 is 0 Å². The lowest BCUT2D eigenvalue weighted by Gasteiger charge is -1.91. The van der Waals surface area contributed by atoms with Crippen LogP contribution in [0.25, 0.3) is 11.3 Å². The van der Waals surface area contributed by atoms with E-state index < -0.39 is 0 Å². The Bertz CT molecular complexity index is 245. The van der Waals surface area contributed by atoms with E-state index >= 15 is 0 Å². The number of rotatable bonds is 0. The van der Waals surface area contributed by atoms with Crippen LogP contribution in [-0.4, -0.2) is 0 Å². The van der Waals surface area contributed by atoms with Gasteiger partial charge in [-0.05, 0) is 30.3 Å². The van der Waals surface area contributed by atoms with Gasteiger partial charge in [-0.25, -0.2) is 0 Å². The number of hydrogen-bond donors (Lipinski definition) is 0. The molecule has 1 aliphatic heterocycles. The monoisotopic (exact) mass is 117 g/mol. The van der Waals surface area contributed by atoms with Crippen molar-refractivity contribution in [3.05, 3.63) is 36.6 Å². The minimum atomic E-state index is 0.900. The standard InChI is InChI=1S/C8H5O/c1-3-7-4-2-6-9-8(7)5-1/h1-2,4-6H. The van der Waals surface area contributed by atoms with E-state index in [-0.39, 0.29) is 0 Å². The Hall–Kier alpha value is -1.24. The molecule has 2 rings (SSSR count). The largest absolute Gasteiger partial charge is 0.464 e. The highest BCUT2D eigenvalue weighted by molar-refractivity contribution is 5.58. The number of fused-ring (bicyclic) bond motifs is 1. The molecule has 0 saturated heterocycles. The first kappa shape index (κ1) is 4.62. The van der Waals surface area contributed by atoms with E-state index in [0.29, 0.717) is 0 Å². The van der Waals surface area contributed by atoms with Gasteiger partial charge in [-0.1, -0.05) is 0 Å². The molecule has 1 nitrogen and oxygen atoms in total. The second kappa shape index (κ2) is 1.62. The van der Waals surface area contributed by atoms with Crippen molar-refractivity contribution < 1.29 is 4.42 Å². The van der Waals surface area contributed by atoms with Gasteiger partial charge < -0.3 is 4.42 Å². The van der Waals surface area contributed by atoms with Gasteiger partial charge in [0.05, 0.1) is 6.26 Å². The molecule has 0 unspecified atom stereocenters. The summed E-state index contributed by atoms with van der Waals surface area (Å²) in [5.74, 6) is 0.900. The molecule has 1 aliphatic carbocycles. The molecule has 0 fully saturated rings. The van der Waals surface area contributed by atoms with Gasteiger partial charge >= 0.3 is 0 Å². The Morgan fingerprint density at radius 1 is 1.33 bits per heavy atom. The molecule has 0 aromatic heterocycles. The van der Waals surface area contributed by atoms with Gasteiger partial charge in [-0.15, -0.1) is 0 Å². The lowest BCUT2D eigenvalue weighted by Crippen LogP contribution is -1.67. The second-order valence-corrected chi connectivity index (χ2v) is 1.87. The van der Waals surface area contributed by atoms with E-state index in [2.05, 4.69) is 6.07 Å². The van der Waals surface area contributed by atoms with Crippen molar-refractivity contribution in [2.24, 2.45) is 0 Å². The van der Waals surface area contributed by atoms with Crippen molar-refractivity contribution in [3.63, 3.8) is 0 Å². The van der Waals surface area contributed by atoms with Crippen LogP contribution in [0.1, 0.15) is 0 Å². The summed E-state index contributed by atoms with van der Waals surface area (Å²) in [6.45, 7) is 0. The van der Waals surface area contributed by atoms with Gasteiger partial charge in [0, 0.05) is 5.56 Å². The minimum absolute atomic E-state index is 0.900. The lowest BCUT2D eigenvalue weighted by atomic mass is 10.3. The average Bonchev–Trinajstić information content (AvgIpc) is 2.33. The van der Waals surface area contributed by atoms with Crippen LogP contribution in [-0.2, 0) is 0 Å². The maximum atomic E-state index is 5.12. The van der Waals surface area contributed by atoms with Crippen molar-refractivity contribution in [2.75, 3.05) is 0 Å². The topological polar surface area (TPSA) is 13.1 Å². The summed E-state index contributed by atoms with van der Waals surface area (Å²) < 4.78 is 5.12. The average molecular weight is 117 g/mol. The molecule has 0 amide bonds. The SMILES string of the molecule is [c]1ccc2occcc1-2.